The van der Waals surface area contributed by atoms with E-state index in [-0.39, 0.29) is 5.91 Å². The van der Waals surface area contributed by atoms with Crippen LogP contribution in [0.5, 0.6) is 0 Å². The van der Waals surface area contributed by atoms with Crippen LogP contribution in [0.25, 0.3) is 16.7 Å². The molecule has 0 radical (unpaired) electrons. The average Bonchev–Trinajstić information content (AvgIpc) is 3.21. The second kappa shape index (κ2) is 9.25. The molecule has 1 aliphatic heterocycles. The first kappa shape index (κ1) is 22.1. The Balaban J connectivity index is 1.59. The molecule has 0 N–H and O–H groups in total. The predicted octanol–water partition coefficient (Wildman–Crippen LogP) is 4.08. The first-order chi connectivity index (χ1) is 16.5. The van der Waals surface area contributed by atoms with E-state index < -0.39 is 0 Å². The quantitative estimate of drug-likeness (QED) is 0.455. The van der Waals surface area contributed by atoms with Gasteiger partial charge in [-0.1, -0.05) is 55.0 Å². The predicted molar refractivity (Wildman–Crippen MR) is 134 cm³/mol. The highest BCUT2D eigenvalue weighted by molar-refractivity contribution is 5.91. The minimum Gasteiger partial charge on any atom is -0.352 e. The van der Waals surface area contributed by atoms with Gasteiger partial charge in [0, 0.05) is 39.0 Å². The van der Waals surface area contributed by atoms with Crippen molar-refractivity contribution < 1.29 is 4.79 Å². The fourth-order valence-corrected chi connectivity index (χ4v) is 4.54. The molecule has 2 aromatic carbocycles. The third kappa shape index (κ3) is 4.25. The number of rotatable bonds is 5. The lowest BCUT2D eigenvalue weighted by atomic mass is 10.1. The maximum Gasteiger partial charge on any atom is 0.222 e. The highest BCUT2D eigenvalue weighted by atomic mass is 16.2. The van der Waals surface area contributed by atoms with Crippen molar-refractivity contribution in [2.75, 3.05) is 31.1 Å². The average molecular weight is 455 g/mol. The minimum absolute atomic E-state index is 0.209. The topological polar surface area (TPSA) is 67.2 Å². The highest BCUT2D eigenvalue weighted by Gasteiger charge is 2.26. The van der Waals surface area contributed by atoms with Crippen molar-refractivity contribution in [1.82, 2.24) is 24.6 Å². The zero-order chi connectivity index (χ0) is 23.7. The van der Waals surface area contributed by atoms with Gasteiger partial charge in [-0.25, -0.2) is 14.6 Å². The van der Waals surface area contributed by atoms with Gasteiger partial charge >= 0.3 is 0 Å². The van der Waals surface area contributed by atoms with Gasteiger partial charge in [-0.2, -0.15) is 5.10 Å². The van der Waals surface area contributed by atoms with E-state index in [4.69, 9.17) is 15.1 Å². The van der Waals surface area contributed by atoms with Gasteiger partial charge < -0.3 is 9.80 Å². The summed E-state index contributed by atoms with van der Waals surface area (Å²) in [5.74, 6) is 1.89. The standard InChI is InChI=1S/C27H30N6O/c1-4-24(34)31-14-16-32(17-15-31)26-25-20(3)30-33(22-8-6-5-7-9-22)27(25)29-23(28-26)18-21-12-10-19(2)11-13-21/h5-13H,4,14-18H2,1-3H3. The van der Waals surface area contributed by atoms with Crippen LogP contribution in [0.15, 0.2) is 54.6 Å². The molecule has 7 heteroatoms. The third-order valence-electron chi connectivity index (χ3n) is 6.45. The molecule has 0 atom stereocenters. The van der Waals surface area contributed by atoms with Crippen molar-refractivity contribution in [1.29, 1.82) is 0 Å². The number of hydrogen-bond donors (Lipinski definition) is 0. The van der Waals surface area contributed by atoms with Crippen molar-refractivity contribution in [3.05, 3.63) is 77.2 Å². The Bertz CT molecular complexity index is 1300. The molecule has 0 aliphatic carbocycles. The van der Waals surface area contributed by atoms with Crippen LogP contribution in [0.2, 0.25) is 0 Å². The summed E-state index contributed by atoms with van der Waals surface area (Å²) in [5, 5.41) is 5.83. The van der Waals surface area contributed by atoms with Crippen LogP contribution < -0.4 is 4.90 Å². The van der Waals surface area contributed by atoms with E-state index in [1.807, 2.05) is 53.8 Å². The monoisotopic (exact) mass is 454 g/mol. The Morgan fingerprint density at radius 2 is 1.62 bits per heavy atom. The fraction of sp³-hybridized carbons (Fsp3) is 0.333. The Morgan fingerprint density at radius 1 is 0.912 bits per heavy atom. The number of para-hydroxylation sites is 1. The second-order valence-electron chi connectivity index (χ2n) is 8.88. The first-order valence-corrected chi connectivity index (χ1v) is 11.9. The van der Waals surface area contributed by atoms with E-state index in [1.165, 1.54) is 11.1 Å². The highest BCUT2D eigenvalue weighted by Crippen LogP contribution is 2.30. The zero-order valence-electron chi connectivity index (χ0n) is 20.0. The summed E-state index contributed by atoms with van der Waals surface area (Å²) in [6.07, 6.45) is 1.19. The number of nitrogens with zero attached hydrogens (tertiary/aromatic N) is 6. The SMILES string of the molecule is CCC(=O)N1CCN(c2nc(Cc3ccc(C)cc3)nc3c2c(C)nn3-c2ccccc2)CC1. The fourth-order valence-electron chi connectivity index (χ4n) is 4.54. The number of hydrogen-bond acceptors (Lipinski definition) is 5. The van der Waals surface area contributed by atoms with Gasteiger partial charge in [0.2, 0.25) is 5.91 Å². The molecule has 0 spiro atoms. The Kier molecular flexibility index (Phi) is 6.01. The van der Waals surface area contributed by atoms with Gasteiger partial charge in [-0.3, -0.25) is 4.79 Å². The lowest BCUT2D eigenvalue weighted by Gasteiger charge is -2.35. The molecule has 7 nitrogen and oxygen atoms in total. The van der Waals surface area contributed by atoms with E-state index in [2.05, 4.69) is 36.1 Å². The number of amides is 1. The van der Waals surface area contributed by atoms with Crippen LogP contribution in [0.1, 0.15) is 36.0 Å². The summed E-state index contributed by atoms with van der Waals surface area (Å²) >= 11 is 0. The normalized spacial score (nSPS) is 14.1. The van der Waals surface area contributed by atoms with Gasteiger partial charge in [-0.05, 0) is 31.5 Å². The molecule has 1 aliphatic rings. The van der Waals surface area contributed by atoms with Crippen LogP contribution in [-0.2, 0) is 11.2 Å². The van der Waals surface area contributed by atoms with Gasteiger partial charge in [0.05, 0.1) is 16.8 Å². The molecular formula is C27H30N6O. The molecule has 3 heterocycles. The maximum absolute atomic E-state index is 12.2. The van der Waals surface area contributed by atoms with Crippen molar-refractivity contribution in [3.8, 4) is 5.69 Å². The zero-order valence-corrected chi connectivity index (χ0v) is 20.0. The molecule has 34 heavy (non-hydrogen) atoms. The van der Waals surface area contributed by atoms with E-state index in [0.29, 0.717) is 25.9 Å². The number of anilines is 1. The first-order valence-electron chi connectivity index (χ1n) is 11.9. The Hall–Kier alpha value is -3.74. The van der Waals surface area contributed by atoms with Gasteiger partial charge in [-0.15, -0.1) is 0 Å². The number of aryl methyl sites for hydroxylation is 2. The number of piperazine rings is 1. The summed E-state index contributed by atoms with van der Waals surface area (Å²) in [7, 11) is 0. The van der Waals surface area contributed by atoms with E-state index in [1.54, 1.807) is 0 Å². The van der Waals surface area contributed by atoms with Crippen LogP contribution in [0.4, 0.5) is 5.82 Å². The molecule has 4 aromatic rings. The number of carbonyl (C=O) groups is 1. The third-order valence-corrected chi connectivity index (χ3v) is 6.45. The van der Waals surface area contributed by atoms with Crippen LogP contribution in [0, 0.1) is 13.8 Å². The van der Waals surface area contributed by atoms with E-state index in [0.717, 1.165) is 47.1 Å². The lowest BCUT2D eigenvalue weighted by Crippen LogP contribution is -2.49. The van der Waals surface area contributed by atoms with Crippen LogP contribution >= 0.6 is 0 Å². The summed E-state index contributed by atoms with van der Waals surface area (Å²) in [5.41, 5.74) is 5.12. The van der Waals surface area contributed by atoms with Crippen molar-refractivity contribution >= 4 is 22.8 Å². The molecule has 0 saturated carbocycles. The Labute approximate surface area is 200 Å². The van der Waals surface area contributed by atoms with E-state index in [9.17, 15) is 4.79 Å². The van der Waals surface area contributed by atoms with Crippen molar-refractivity contribution in [2.45, 2.75) is 33.6 Å². The van der Waals surface area contributed by atoms with E-state index >= 15 is 0 Å². The summed E-state index contributed by atoms with van der Waals surface area (Å²) < 4.78 is 1.92. The van der Waals surface area contributed by atoms with Gasteiger partial charge in [0.15, 0.2) is 5.65 Å². The number of fused-ring (bicyclic) bond motifs is 1. The number of aromatic nitrogens is 4. The number of carbonyl (C=O) groups excluding carboxylic acids is 1. The molecule has 1 amide bonds. The molecule has 174 valence electrons. The minimum atomic E-state index is 0.209. The summed E-state index contributed by atoms with van der Waals surface area (Å²) in [4.78, 5) is 26.5. The summed E-state index contributed by atoms with van der Waals surface area (Å²) in [6, 6.07) is 18.6. The van der Waals surface area contributed by atoms with Crippen molar-refractivity contribution in [2.24, 2.45) is 0 Å². The molecule has 1 saturated heterocycles. The molecule has 2 aromatic heterocycles. The molecule has 0 unspecified atom stereocenters. The van der Waals surface area contributed by atoms with Crippen LogP contribution in [-0.4, -0.2) is 56.7 Å². The molecular weight excluding hydrogens is 424 g/mol. The molecule has 0 bridgehead atoms. The Morgan fingerprint density at radius 3 is 2.29 bits per heavy atom. The maximum atomic E-state index is 12.2. The molecule has 5 rings (SSSR count). The van der Waals surface area contributed by atoms with Gasteiger partial charge in [0.1, 0.15) is 11.6 Å². The van der Waals surface area contributed by atoms with Crippen molar-refractivity contribution in [3.63, 3.8) is 0 Å². The largest absolute Gasteiger partial charge is 0.352 e. The number of benzene rings is 2. The van der Waals surface area contributed by atoms with Crippen LogP contribution in [0.3, 0.4) is 0 Å². The summed E-state index contributed by atoms with van der Waals surface area (Å²) in [6.45, 7) is 8.94. The lowest BCUT2D eigenvalue weighted by molar-refractivity contribution is -0.131. The van der Waals surface area contributed by atoms with Gasteiger partial charge in [0.25, 0.3) is 0 Å². The second-order valence-corrected chi connectivity index (χ2v) is 8.88. The molecule has 1 fully saturated rings. The smallest absolute Gasteiger partial charge is 0.222 e.